The first-order chi connectivity index (χ1) is 11.1. The molecule has 1 N–H and O–H groups in total. The lowest BCUT2D eigenvalue weighted by Gasteiger charge is -2.08. The van der Waals surface area contributed by atoms with E-state index in [4.69, 9.17) is 4.74 Å². The third-order valence-corrected chi connectivity index (χ3v) is 5.05. The SMILES string of the molecule is Cc1ccc(Nc2nnc(SCC(=O)N3CCOC3=O)s2)cc1. The van der Waals surface area contributed by atoms with Crippen molar-refractivity contribution in [2.45, 2.75) is 11.3 Å². The van der Waals surface area contributed by atoms with E-state index >= 15 is 0 Å². The van der Waals surface area contributed by atoms with Crippen LogP contribution in [0.15, 0.2) is 28.6 Å². The summed E-state index contributed by atoms with van der Waals surface area (Å²) in [6, 6.07) is 7.94. The Kier molecular flexibility index (Phi) is 4.77. The summed E-state index contributed by atoms with van der Waals surface area (Å²) >= 11 is 2.62. The summed E-state index contributed by atoms with van der Waals surface area (Å²) in [7, 11) is 0. The topological polar surface area (TPSA) is 84.4 Å². The summed E-state index contributed by atoms with van der Waals surface area (Å²) in [5, 5.41) is 11.9. The number of imide groups is 1. The summed E-state index contributed by atoms with van der Waals surface area (Å²) in [5.74, 6) is -0.144. The van der Waals surface area contributed by atoms with E-state index in [1.807, 2.05) is 31.2 Å². The molecule has 1 aromatic carbocycles. The standard InChI is InChI=1S/C14H14N4O3S2/c1-9-2-4-10(5-3-9)15-12-16-17-13(23-12)22-8-11(19)18-6-7-21-14(18)20/h2-5H,6-8H2,1H3,(H,15,16). The molecule has 0 aliphatic carbocycles. The van der Waals surface area contributed by atoms with E-state index in [9.17, 15) is 9.59 Å². The van der Waals surface area contributed by atoms with Gasteiger partial charge in [0.25, 0.3) is 0 Å². The van der Waals surface area contributed by atoms with Crippen LogP contribution < -0.4 is 5.32 Å². The van der Waals surface area contributed by atoms with Crippen LogP contribution in [0.25, 0.3) is 0 Å². The number of thioether (sulfide) groups is 1. The number of nitrogens with one attached hydrogen (secondary N) is 1. The van der Waals surface area contributed by atoms with Gasteiger partial charge in [0, 0.05) is 5.69 Å². The van der Waals surface area contributed by atoms with E-state index in [1.54, 1.807) is 0 Å². The molecule has 7 nitrogen and oxygen atoms in total. The summed E-state index contributed by atoms with van der Waals surface area (Å²) in [5.41, 5.74) is 2.11. The Morgan fingerprint density at radius 3 is 2.87 bits per heavy atom. The first-order valence-corrected chi connectivity index (χ1v) is 8.69. The highest BCUT2D eigenvalue weighted by Crippen LogP contribution is 2.28. The molecule has 1 saturated heterocycles. The van der Waals surface area contributed by atoms with Crippen LogP contribution in [0.4, 0.5) is 15.6 Å². The minimum atomic E-state index is -0.574. The fourth-order valence-corrected chi connectivity index (χ4v) is 3.55. The molecule has 1 fully saturated rings. The Morgan fingerprint density at radius 1 is 1.39 bits per heavy atom. The number of aryl methyl sites for hydroxylation is 1. The molecule has 3 rings (SSSR count). The molecule has 0 unspecified atom stereocenters. The van der Waals surface area contributed by atoms with Gasteiger partial charge in [0.2, 0.25) is 11.0 Å². The lowest BCUT2D eigenvalue weighted by atomic mass is 10.2. The van der Waals surface area contributed by atoms with Gasteiger partial charge in [-0.15, -0.1) is 10.2 Å². The first kappa shape index (κ1) is 15.8. The number of benzene rings is 1. The molecule has 0 bridgehead atoms. The Balaban J connectivity index is 1.54. The summed E-state index contributed by atoms with van der Waals surface area (Å²) in [4.78, 5) is 24.3. The van der Waals surface area contributed by atoms with Crippen LogP contribution in [0.2, 0.25) is 0 Å². The average molecular weight is 350 g/mol. The van der Waals surface area contributed by atoms with E-state index in [-0.39, 0.29) is 18.3 Å². The Bertz CT molecular complexity index is 717. The summed E-state index contributed by atoms with van der Waals surface area (Å²) in [6.45, 7) is 2.60. The number of ether oxygens (including phenoxy) is 1. The van der Waals surface area contributed by atoms with Crippen LogP contribution in [0.5, 0.6) is 0 Å². The number of anilines is 2. The van der Waals surface area contributed by atoms with Gasteiger partial charge in [0.15, 0.2) is 4.34 Å². The largest absolute Gasteiger partial charge is 0.447 e. The van der Waals surface area contributed by atoms with Crippen molar-refractivity contribution in [2.24, 2.45) is 0 Å². The third kappa shape index (κ3) is 3.99. The second-order valence-corrected chi connectivity index (χ2v) is 7.01. The zero-order valence-corrected chi connectivity index (χ0v) is 13.9. The van der Waals surface area contributed by atoms with Crippen molar-refractivity contribution in [1.29, 1.82) is 0 Å². The maximum absolute atomic E-state index is 11.9. The number of hydrogen-bond acceptors (Lipinski definition) is 8. The number of aromatic nitrogens is 2. The maximum atomic E-state index is 11.9. The smallest absolute Gasteiger partial charge is 0.416 e. The molecule has 120 valence electrons. The summed E-state index contributed by atoms with van der Waals surface area (Å²) < 4.78 is 5.41. The molecule has 0 spiro atoms. The molecule has 23 heavy (non-hydrogen) atoms. The molecule has 1 aliphatic rings. The van der Waals surface area contributed by atoms with E-state index in [2.05, 4.69) is 15.5 Å². The highest BCUT2D eigenvalue weighted by molar-refractivity contribution is 8.01. The summed E-state index contributed by atoms with van der Waals surface area (Å²) in [6.07, 6.45) is -0.574. The average Bonchev–Trinajstić information content (AvgIpc) is 3.16. The van der Waals surface area contributed by atoms with Crippen molar-refractivity contribution >= 4 is 45.9 Å². The van der Waals surface area contributed by atoms with Crippen molar-refractivity contribution in [3.05, 3.63) is 29.8 Å². The minimum absolute atomic E-state index is 0.133. The fourth-order valence-electron chi connectivity index (χ4n) is 1.90. The van der Waals surface area contributed by atoms with Crippen LogP contribution in [-0.4, -0.2) is 46.0 Å². The van der Waals surface area contributed by atoms with Crippen LogP contribution in [-0.2, 0) is 9.53 Å². The van der Waals surface area contributed by atoms with Gasteiger partial charge in [0.05, 0.1) is 12.3 Å². The third-order valence-electron chi connectivity index (χ3n) is 3.09. The number of rotatable bonds is 5. The zero-order valence-electron chi connectivity index (χ0n) is 12.3. The molecule has 0 radical (unpaired) electrons. The second kappa shape index (κ2) is 6.97. The number of carbonyl (C=O) groups excluding carboxylic acids is 2. The molecular formula is C14H14N4O3S2. The van der Waals surface area contributed by atoms with Gasteiger partial charge in [-0.2, -0.15) is 0 Å². The maximum Gasteiger partial charge on any atom is 0.416 e. The zero-order chi connectivity index (χ0) is 16.2. The lowest BCUT2D eigenvalue weighted by Crippen LogP contribution is -2.32. The Morgan fingerprint density at radius 2 is 2.17 bits per heavy atom. The molecule has 1 aromatic heterocycles. The number of cyclic esters (lactones) is 1. The molecule has 2 aromatic rings. The van der Waals surface area contributed by atoms with Crippen LogP contribution in [0.3, 0.4) is 0 Å². The predicted octanol–water partition coefficient (Wildman–Crippen LogP) is 2.66. The number of amides is 2. The van der Waals surface area contributed by atoms with Crippen molar-refractivity contribution in [3.63, 3.8) is 0 Å². The van der Waals surface area contributed by atoms with Gasteiger partial charge in [-0.1, -0.05) is 40.8 Å². The van der Waals surface area contributed by atoms with Crippen molar-refractivity contribution in [2.75, 3.05) is 24.2 Å². The monoisotopic (exact) mass is 350 g/mol. The normalized spacial score (nSPS) is 14.0. The minimum Gasteiger partial charge on any atom is -0.447 e. The highest BCUT2D eigenvalue weighted by Gasteiger charge is 2.28. The van der Waals surface area contributed by atoms with Gasteiger partial charge in [-0.25, -0.2) is 9.69 Å². The van der Waals surface area contributed by atoms with Gasteiger partial charge in [-0.3, -0.25) is 4.79 Å². The molecule has 2 heterocycles. The first-order valence-electron chi connectivity index (χ1n) is 6.89. The number of hydrogen-bond donors (Lipinski definition) is 1. The number of nitrogens with zero attached hydrogens (tertiary/aromatic N) is 3. The van der Waals surface area contributed by atoms with E-state index < -0.39 is 6.09 Å². The van der Waals surface area contributed by atoms with E-state index in [0.29, 0.717) is 16.0 Å². The predicted molar refractivity (Wildman–Crippen MR) is 88.2 cm³/mol. The second-order valence-electron chi connectivity index (χ2n) is 4.81. The van der Waals surface area contributed by atoms with Crippen molar-refractivity contribution in [1.82, 2.24) is 15.1 Å². The quantitative estimate of drug-likeness (QED) is 0.830. The van der Waals surface area contributed by atoms with Gasteiger partial charge >= 0.3 is 6.09 Å². The highest BCUT2D eigenvalue weighted by atomic mass is 32.2. The number of carbonyl (C=O) groups is 2. The molecule has 9 heteroatoms. The lowest BCUT2D eigenvalue weighted by molar-refractivity contribution is -0.125. The molecule has 1 aliphatic heterocycles. The van der Waals surface area contributed by atoms with E-state index in [1.165, 1.54) is 28.7 Å². The Hall–Kier alpha value is -2.13. The fraction of sp³-hybridized carbons (Fsp3) is 0.286. The van der Waals surface area contributed by atoms with Crippen molar-refractivity contribution in [3.8, 4) is 0 Å². The van der Waals surface area contributed by atoms with Gasteiger partial charge < -0.3 is 10.1 Å². The molecule has 0 saturated carbocycles. The van der Waals surface area contributed by atoms with Gasteiger partial charge in [0.1, 0.15) is 6.61 Å². The van der Waals surface area contributed by atoms with Crippen molar-refractivity contribution < 1.29 is 14.3 Å². The molecular weight excluding hydrogens is 336 g/mol. The van der Waals surface area contributed by atoms with E-state index in [0.717, 1.165) is 10.6 Å². The Labute approximate surface area is 141 Å². The van der Waals surface area contributed by atoms with Crippen LogP contribution >= 0.6 is 23.1 Å². The molecule has 0 atom stereocenters. The molecule has 2 amide bonds. The van der Waals surface area contributed by atoms with Gasteiger partial charge in [-0.05, 0) is 19.1 Å². The van der Waals surface area contributed by atoms with Crippen LogP contribution in [0, 0.1) is 6.92 Å². The van der Waals surface area contributed by atoms with Crippen LogP contribution in [0.1, 0.15) is 5.56 Å².